The number of hydrogen-bond acceptors (Lipinski definition) is 3. The van der Waals surface area contributed by atoms with Gasteiger partial charge in [-0.05, 0) is 57.5 Å². The van der Waals surface area contributed by atoms with E-state index in [2.05, 4.69) is 48.1 Å². The van der Waals surface area contributed by atoms with Gasteiger partial charge in [0.1, 0.15) is 11.2 Å². The van der Waals surface area contributed by atoms with Crippen LogP contribution < -0.4 is 0 Å². The lowest BCUT2D eigenvalue weighted by atomic mass is 10.0. The molecule has 0 aliphatic carbocycles. The topological polar surface area (TPSA) is 38.9 Å². The molecular weight excluding hydrogens is 284 g/mol. The van der Waals surface area contributed by atoms with Crippen LogP contribution in [0.25, 0.3) is 33.2 Å². The van der Waals surface area contributed by atoms with Gasteiger partial charge in [0.05, 0.1) is 17.1 Å². The van der Waals surface area contributed by atoms with Gasteiger partial charge in [0, 0.05) is 22.5 Å². The number of benzene rings is 2. The standard InChI is InChI=1S/C20H18N2O/c1-11-5-6-18-15(7-11)16-8-12(2)9-17(20(16)23-18)19-14(4)22-13(3)10-21-19/h5-10H,1-4H3. The third-order valence-corrected chi connectivity index (χ3v) is 4.19. The van der Waals surface area contributed by atoms with E-state index in [4.69, 9.17) is 4.42 Å². The fourth-order valence-electron chi connectivity index (χ4n) is 3.17. The van der Waals surface area contributed by atoms with E-state index in [9.17, 15) is 0 Å². The summed E-state index contributed by atoms with van der Waals surface area (Å²) in [4.78, 5) is 9.15. The molecule has 0 saturated heterocycles. The quantitative estimate of drug-likeness (QED) is 0.480. The van der Waals surface area contributed by atoms with Gasteiger partial charge in [-0.1, -0.05) is 11.6 Å². The molecule has 4 rings (SSSR count). The van der Waals surface area contributed by atoms with Crippen LogP contribution in [-0.4, -0.2) is 9.97 Å². The van der Waals surface area contributed by atoms with Gasteiger partial charge in [-0.3, -0.25) is 9.97 Å². The Morgan fingerprint density at radius 2 is 1.65 bits per heavy atom. The minimum absolute atomic E-state index is 0.887. The molecule has 2 aromatic carbocycles. The molecule has 0 unspecified atom stereocenters. The zero-order valence-electron chi connectivity index (χ0n) is 13.8. The number of aromatic nitrogens is 2. The van der Waals surface area contributed by atoms with E-state index < -0.39 is 0 Å². The fourth-order valence-corrected chi connectivity index (χ4v) is 3.17. The summed E-state index contributed by atoms with van der Waals surface area (Å²) in [7, 11) is 0. The van der Waals surface area contributed by atoms with Crippen molar-refractivity contribution >= 4 is 21.9 Å². The second kappa shape index (κ2) is 4.92. The Hall–Kier alpha value is -2.68. The smallest absolute Gasteiger partial charge is 0.144 e. The van der Waals surface area contributed by atoms with Gasteiger partial charge < -0.3 is 4.42 Å². The van der Waals surface area contributed by atoms with Gasteiger partial charge in [-0.2, -0.15) is 0 Å². The van der Waals surface area contributed by atoms with Crippen molar-refractivity contribution in [1.82, 2.24) is 9.97 Å². The maximum Gasteiger partial charge on any atom is 0.144 e. The fraction of sp³-hybridized carbons (Fsp3) is 0.200. The average molecular weight is 302 g/mol. The molecule has 0 N–H and O–H groups in total. The molecule has 4 aromatic rings. The predicted molar refractivity (Wildman–Crippen MR) is 93.7 cm³/mol. The summed E-state index contributed by atoms with van der Waals surface area (Å²) in [6.45, 7) is 8.16. The molecule has 2 heterocycles. The van der Waals surface area contributed by atoms with Crippen molar-refractivity contribution in [3.8, 4) is 11.3 Å². The van der Waals surface area contributed by atoms with Crippen molar-refractivity contribution in [3.05, 3.63) is 59.0 Å². The number of nitrogens with zero attached hydrogens (tertiary/aromatic N) is 2. The summed E-state index contributed by atoms with van der Waals surface area (Å²) in [6.07, 6.45) is 1.81. The predicted octanol–water partition coefficient (Wildman–Crippen LogP) is 5.28. The Kier molecular flexibility index (Phi) is 2.98. The van der Waals surface area contributed by atoms with E-state index in [1.807, 2.05) is 26.1 Å². The minimum atomic E-state index is 0.887. The van der Waals surface area contributed by atoms with E-state index in [0.29, 0.717) is 0 Å². The first-order chi connectivity index (χ1) is 11.0. The largest absolute Gasteiger partial charge is 0.455 e. The first-order valence-electron chi connectivity index (χ1n) is 7.77. The Morgan fingerprint density at radius 1 is 0.870 bits per heavy atom. The van der Waals surface area contributed by atoms with Gasteiger partial charge in [0.2, 0.25) is 0 Å². The second-order valence-electron chi connectivity index (χ2n) is 6.24. The zero-order chi connectivity index (χ0) is 16.1. The van der Waals surface area contributed by atoms with E-state index in [1.54, 1.807) is 0 Å². The molecular formula is C20H18N2O. The molecule has 23 heavy (non-hydrogen) atoms. The van der Waals surface area contributed by atoms with Crippen LogP contribution in [-0.2, 0) is 0 Å². The Bertz CT molecular complexity index is 1060. The molecule has 0 amide bonds. The van der Waals surface area contributed by atoms with Gasteiger partial charge in [-0.25, -0.2) is 0 Å². The van der Waals surface area contributed by atoms with Gasteiger partial charge in [0.15, 0.2) is 0 Å². The van der Waals surface area contributed by atoms with Crippen molar-refractivity contribution in [2.45, 2.75) is 27.7 Å². The van der Waals surface area contributed by atoms with Crippen LogP contribution >= 0.6 is 0 Å². The molecule has 0 aliphatic heterocycles. The number of furan rings is 1. The highest BCUT2D eigenvalue weighted by molar-refractivity contribution is 6.09. The Balaban J connectivity index is 2.12. The van der Waals surface area contributed by atoms with Crippen LogP contribution in [0.4, 0.5) is 0 Å². The van der Waals surface area contributed by atoms with Gasteiger partial charge >= 0.3 is 0 Å². The summed E-state index contributed by atoms with van der Waals surface area (Å²) in [5.74, 6) is 0. The van der Waals surface area contributed by atoms with E-state index >= 15 is 0 Å². The second-order valence-corrected chi connectivity index (χ2v) is 6.24. The first kappa shape index (κ1) is 13.9. The highest BCUT2D eigenvalue weighted by Gasteiger charge is 2.16. The van der Waals surface area contributed by atoms with Crippen LogP contribution in [0, 0.1) is 27.7 Å². The molecule has 0 aliphatic rings. The van der Waals surface area contributed by atoms with Crippen LogP contribution in [0.5, 0.6) is 0 Å². The molecule has 0 bridgehead atoms. The van der Waals surface area contributed by atoms with Crippen LogP contribution in [0.1, 0.15) is 22.5 Å². The summed E-state index contributed by atoms with van der Waals surface area (Å²) >= 11 is 0. The molecule has 0 fully saturated rings. The van der Waals surface area contributed by atoms with Crippen LogP contribution in [0.3, 0.4) is 0 Å². The summed E-state index contributed by atoms with van der Waals surface area (Å²) in [5, 5.41) is 2.29. The summed E-state index contributed by atoms with van der Waals surface area (Å²) < 4.78 is 6.17. The third kappa shape index (κ3) is 2.20. The van der Waals surface area contributed by atoms with Crippen molar-refractivity contribution in [1.29, 1.82) is 0 Å². The van der Waals surface area contributed by atoms with Crippen molar-refractivity contribution in [2.24, 2.45) is 0 Å². The normalized spacial score (nSPS) is 11.5. The highest BCUT2D eigenvalue weighted by Crippen LogP contribution is 2.37. The lowest BCUT2D eigenvalue weighted by Gasteiger charge is -2.07. The number of aryl methyl sites for hydroxylation is 4. The Labute approximate surface area is 135 Å². The number of rotatable bonds is 1. The van der Waals surface area contributed by atoms with Crippen molar-refractivity contribution in [3.63, 3.8) is 0 Å². The van der Waals surface area contributed by atoms with Crippen LogP contribution in [0.15, 0.2) is 40.9 Å². The zero-order valence-corrected chi connectivity index (χ0v) is 13.8. The van der Waals surface area contributed by atoms with Gasteiger partial charge in [-0.15, -0.1) is 0 Å². The van der Waals surface area contributed by atoms with Crippen LogP contribution in [0.2, 0.25) is 0 Å². The maximum absolute atomic E-state index is 6.17. The molecule has 3 nitrogen and oxygen atoms in total. The number of fused-ring (bicyclic) bond motifs is 3. The van der Waals surface area contributed by atoms with E-state index in [-0.39, 0.29) is 0 Å². The molecule has 2 aromatic heterocycles. The molecule has 0 spiro atoms. The summed E-state index contributed by atoms with van der Waals surface area (Å²) in [5.41, 5.74) is 7.98. The molecule has 0 saturated carbocycles. The number of hydrogen-bond donors (Lipinski definition) is 0. The monoisotopic (exact) mass is 302 g/mol. The highest BCUT2D eigenvalue weighted by atomic mass is 16.3. The lowest BCUT2D eigenvalue weighted by molar-refractivity contribution is 0.669. The molecule has 0 atom stereocenters. The van der Waals surface area contributed by atoms with E-state index in [0.717, 1.165) is 44.6 Å². The lowest BCUT2D eigenvalue weighted by Crippen LogP contribution is -1.95. The van der Waals surface area contributed by atoms with E-state index in [1.165, 1.54) is 11.1 Å². The van der Waals surface area contributed by atoms with Gasteiger partial charge in [0.25, 0.3) is 0 Å². The average Bonchev–Trinajstić information content (AvgIpc) is 2.85. The van der Waals surface area contributed by atoms with Crippen molar-refractivity contribution < 1.29 is 4.42 Å². The molecule has 0 radical (unpaired) electrons. The SMILES string of the molecule is Cc1ccc2oc3c(-c4ncc(C)nc4C)cc(C)cc3c2c1. The third-order valence-electron chi connectivity index (χ3n) is 4.19. The minimum Gasteiger partial charge on any atom is -0.455 e. The summed E-state index contributed by atoms with van der Waals surface area (Å²) in [6, 6.07) is 10.6. The first-order valence-corrected chi connectivity index (χ1v) is 7.77. The van der Waals surface area contributed by atoms with Crippen molar-refractivity contribution in [2.75, 3.05) is 0 Å². The molecule has 114 valence electrons. The maximum atomic E-state index is 6.17. The molecule has 3 heteroatoms. The Morgan fingerprint density at radius 3 is 2.43 bits per heavy atom.